The highest BCUT2D eigenvalue weighted by atomic mass is 16.5. The van der Waals surface area contributed by atoms with Gasteiger partial charge in [0, 0.05) is 6.07 Å². The van der Waals surface area contributed by atoms with Crippen LogP contribution in [0.5, 0.6) is 5.75 Å². The third-order valence-electron chi connectivity index (χ3n) is 3.15. The Morgan fingerprint density at radius 2 is 2.00 bits per heavy atom. The number of carbonyl (C=O) groups excluding carboxylic acids is 1. The largest absolute Gasteiger partial charge is 0.495 e. The Bertz CT molecular complexity index is 751. The SMILES string of the molecule is COc1ccc(C)cc1NC(=O)c1ccc(=O)n(C(C)C)n1. The maximum atomic E-state index is 12.3. The molecule has 0 unspecified atom stereocenters. The van der Waals surface area contributed by atoms with Crippen molar-refractivity contribution in [1.82, 2.24) is 9.78 Å². The van der Waals surface area contributed by atoms with Gasteiger partial charge in [-0.1, -0.05) is 6.07 Å². The first kappa shape index (κ1) is 15.8. The van der Waals surface area contributed by atoms with E-state index >= 15 is 0 Å². The molecule has 1 aromatic heterocycles. The lowest BCUT2D eigenvalue weighted by Gasteiger charge is -2.12. The van der Waals surface area contributed by atoms with Crippen LogP contribution in [0.2, 0.25) is 0 Å². The van der Waals surface area contributed by atoms with E-state index < -0.39 is 5.91 Å². The van der Waals surface area contributed by atoms with Crippen LogP contribution in [0.15, 0.2) is 35.1 Å². The number of amides is 1. The first-order valence-corrected chi connectivity index (χ1v) is 6.98. The zero-order valence-electron chi connectivity index (χ0n) is 13.1. The Morgan fingerprint density at radius 1 is 1.27 bits per heavy atom. The molecule has 0 fully saturated rings. The van der Waals surface area contributed by atoms with Gasteiger partial charge in [-0.2, -0.15) is 5.10 Å². The molecule has 0 aliphatic rings. The van der Waals surface area contributed by atoms with Crippen LogP contribution >= 0.6 is 0 Å². The first-order valence-electron chi connectivity index (χ1n) is 6.98. The van der Waals surface area contributed by atoms with E-state index in [4.69, 9.17) is 4.74 Å². The van der Waals surface area contributed by atoms with Crippen LogP contribution in [0, 0.1) is 6.92 Å². The molecule has 1 heterocycles. The lowest BCUT2D eigenvalue weighted by atomic mass is 10.2. The van der Waals surface area contributed by atoms with Crippen molar-refractivity contribution in [3.05, 3.63) is 51.9 Å². The summed E-state index contributed by atoms with van der Waals surface area (Å²) in [4.78, 5) is 24.0. The number of rotatable bonds is 4. The Morgan fingerprint density at radius 3 is 2.64 bits per heavy atom. The number of benzene rings is 1. The minimum atomic E-state index is -0.390. The van der Waals surface area contributed by atoms with Crippen molar-refractivity contribution in [3.63, 3.8) is 0 Å². The summed E-state index contributed by atoms with van der Waals surface area (Å²) in [5.41, 5.74) is 1.50. The van der Waals surface area contributed by atoms with Crippen LogP contribution in [-0.2, 0) is 0 Å². The second-order valence-electron chi connectivity index (χ2n) is 5.25. The summed E-state index contributed by atoms with van der Waals surface area (Å²) >= 11 is 0. The van der Waals surface area contributed by atoms with E-state index in [1.807, 2.05) is 32.9 Å². The normalized spacial score (nSPS) is 10.6. The maximum Gasteiger partial charge on any atom is 0.276 e. The Labute approximate surface area is 128 Å². The number of aryl methyl sites for hydroxylation is 1. The summed E-state index contributed by atoms with van der Waals surface area (Å²) in [6.07, 6.45) is 0. The molecule has 0 saturated heterocycles. The molecule has 0 saturated carbocycles. The number of carbonyl (C=O) groups is 1. The fourth-order valence-corrected chi connectivity index (χ4v) is 2.02. The van der Waals surface area contributed by atoms with Gasteiger partial charge in [-0.3, -0.25) is 9.59 Å². The molecule has 0 spiro atoms. The second-order valence-corrected chi connectivity index (χ2v) is 5.25. The predicted molar refractivity (Wildman–Crippen MR) is 84.6 cm³/mol. The van der Waals surface area contributed by atoms with Crippen molar-refractivity contribution in [1.29, 1.82) is 0 Å². The van der Waals surface area contributed by atoms with Gasteiger partial charge in [0.15, 0.2) is 0 Å². The molecule has 22 heavy (non-hydrogen) atoms. The van der Waals surface area contributed by atoms with Crippen molar-refractivity contribution in [2.75, 3.05) is 12.4 Å². The summed E-state index contributed by atoms with van der Waals surface area (Å²) in [5, 5.41) is 6.86. The van der Waals surface area contributed by atoms with Gasteiger partial charge >= 0.3 is 0 Å². The molecule has 116 valence electrons. The Hall–Kier alpha value is -2.63. The van der Waals surface area contributed by atoms with Crippen LogP contribution in [0.25, 0.3) is 0 Å². The van der Waals surface area contributed by atoms with E-state index in [0.29, 0.717) is 11.4 Å². The zero-order valence-corrected chi connectivity index (χ0v) is 13.1. The van der Waals surface area contributed by atoms with E-state index in [1.165, 1.54) is 23.9 Å². The molecule has 0 radical (unpaired) electrons. The average Bonchev–Trinajstić information content (AvgIpc) is 2.47. The smallest absolute Gasteiger partial charge is 0.276 e. The van der Waals surface area contributed by atoms with Gasteiger partial charge in [0.1, 0.15) is 11.4 Å². The van der Waals surface area contributed by atoms with Gasteiger partial charge in [0.05, 0.1) is 18.8 Å². The molecule has 1 aromatic carbocycles. The molecule has 0 aliphatic heterocycles. The highest BCUT2D eigenvalue weighted by Crippen LogP contribution is 2.25. The summed E-state index contributed by atoms with van der Waals surface area (Å²) in [6, 6.07) is 8.14. The van der Waals surface area contributed by atoms with Crippen LogP contribution < -0.4 is 15.6 Å². The molecular formula is C16H19N3O3. The lowest BCUT2D eigenvalue weighted by Crippen LogP contribution is -2.27. The van der Waals surface area contributed by atoms with Gasteiger partial charge in [0.25, 0.3) is 11.5 Å². The molecule has 0 aliphatic carbocycles. The molecule has 2 aromatic rings. The number of methoxy groups -OCH3 is 1. The number of hydrogen-bond donors (Lipinski definition) is 1. The van der Waals surface area contributed by atoms with E-state index in [1.54, 1.807) is 6.07 Å². The van der Waals surface area contributed by atoms with Crippen molar-refractivity contribution < 1.29 is 9.53 Å². The topological polar surface area (TPSA) is 73.2 Å². The molecule has 6 nitrogen and oxygen atoms in total. The van der Waals surface area contributed by atoms with E-state index in [9.17, 15) is 9.59 Å². The highest BCUT2D eigenvalue weighted by Gasteiger charge is 2.13. The Kier molecular flexibility index (Phi) is 4.60. The van der Waals surface area contributed by atoms with Gasteiger partial charge < -0.3 is 10.1 Å². The molecule has 0 atom stereocenters. The zero-order chi connectivity index (χ0) is 16.3. The number of ether oxygens (including phenoxy) is 1. The molecular weight excluding hydrogens is 282 g/mol. The summed E-state index contributed by atoms with van der Waals surface area (Å²) < 4.78 is 6.51. The van der Waals surface area contributed by atoms with Crippen molar-refractivity contribution >= 4 is 11.6 Å². The fraction of sp³-hybridized carbons (Fsp3) is 0.312. The highest BCUT2D eigenvalue weighted by molar-refractivity contribution is 6.03. The van der Waals surface area contributed by atoms with E-state index in [0.717, 1.165) is 5.56 Å². The van der Waals surface area contributed by atoms with Crippen LogP contribution in [0.3, 0.4) is 0 Å². The number of anilines is 1. The number of aromatic nitrogens is 2. The van der Waals surface area contributed by atoms with Gasteiger partial charge in [-0.15, -0.1) is 0 Å². The molecule has 0 bridgehead atoms. The fourth-order valence-electron chi connectivity index (χ4n) is 2.02. The monoisotopic (exact) mass is 301 g/mol. The lowest BCUT2D eigenvalue weighted by molar-refractivity contribution is 0.101. The number of nitrogens with one attached hydrogen (secondary N) is 1. The van der Waals surface area contributed by atoms with Gasteiger partial charge in [0.2, 0.25) is 0 Å². The summed E-state index contributed by atoms with van der Waals surface area (Å²) in [6.45, 7) is 5.59. The second kappa shape index (κ2) is 6.43. The Balaban J connectivity index is 2.32. The minimum absolute atomic E-state index is 0.117. The summed E-state index contributed by atoms with van der Waals surface area (Å²) in [7, 11) is 1.54. The molecule has 6 heteroatoms. The van der Waals surface area contributed by atoms with Crippen molar-refractivity contribution in [2.45, 2.75) is 26.8 Å². The average molecular weight is 301 g/mol. The number of hydrogen-bond acceptors (Lipinski definition) is 4. The van der Waals surface area contributed by atoms with Crippen molar-refractivity contribution in [3.8, 4) is 5.75 Å². The molecule has 1 N–H and O–H groups in total. The third-order valence-corrected chi connectivity index (χ3v) is 3.15. The summed E-state index contributed by atoms with van der Waals surface area (Å²) in [5.74, 6) is 0.175. The minimum Gasteiger partial charge on any atom is -0.495 e. The quantitative estimate of drug-likeness (QED) is 0.941. The van der Waals surface area contributed by atoms with Crippen LogP contribution in [0.1, 0.15) is 35.9 Å². The van der Waals surface area contributed by atoms with E-state index in [-0.39, 0.29) is 17.3 Å². The maximum absolute atomic E-state index is 12.3. The van der Waals surface area contributed by atoms with Gasteiger partial charge in [-0.05, 0) is 44.5 Å². The third kappa shape index (κ3) is 3.33. The molecule has 2 rings (SSSR count). The van der Waals surface area contributed by atoms with Crippen LogP contribution in [-0.4, -0.2) is 22.8 Å². The van der Waals surface area contributed by atoms with Crippen LogP contribution in [0.4, 0.5) is 5.69 Å². The first-order chi connectivity index (χ1) is 10.4. The standard InChI is InChI=1S/C16H19N3O3/c1-10(2)19-15(20)8-6-12(18-19)16(21)17-13-9-11(3)5-7-14(13)22-4/h5-10H,1-4H3,(H,17,21). The van der Waals surface area contributed by atoms with Crippen molar-refractivity contribution in [2.24, 2.45) is 0 Å². The van der Waals surface area contributed by atoms with E-state index in [2.05, 4.69) is 10.4 Å². The van der Waals surface area contributed by atoms with Gasteiger partial charge in [-0.25, -0.2) is 4.68 Å². The number of nitrogens with zero attached hydrogens (tertiary/aromatic N) is 2. The molecule has 1 amide bonds. The predicted octanol–water partition coefficient (Wildman–Crippen LogP) is 2.39.